The van der Waals surface area contributed by atoms with Crippen molar-refractivity contribution < 1.29 is 4.79 Å². The number of thioether (sulfide) groups is 1. The van der Waals surface area contributed by atoms with Crippen LogP contribution in [-0.2, 0) is 24.2 Å². The van der Waals surface area contributed by atoms with E-state index in [1.165, 1.54) is 33.5 Å². The van der Waals surface area contributed by atoms with Gasteiger partial charge in [0.15, 0.2) is 5.16 Å². The average Bonchev–Trinajstić information content (AvgIpc) is 3.25. The van der Waals surface area contributed by atoms with E-state index in [2.05, 4.69) is 40.6 Å². The van der Waals surface area contributed by atoms with Crippen LogP contribution in [0.2, 0.25) is 0 Å². The minimum Gasteiger partial charge on any atom is -0.317 e. The van der Waals surface area contributed by atoms with Crippen molar-refractivity contribution >= 4 is 44.9 Å². The van der Waals surface area contributed by atoms with E-state index in [1.54, 1.807) is 10.6 Å². The summed E-state index contributed by atoms with van der Waals surface area (Å²) in [5.41, 5.74) is 3.62. The van der Waals surface area contributed by atoms with Crippen LogP contribution >= 0.6 is 23.1 Å². The van der Waals surface area contributed by atoms with Crippen LogP contribution < -0.4 is 10.9 Å². The molecular formula is C28H26N4O2S2. The highest BCUT2D eigenvalue weighted by Gasteiger charge is 2.27. The van der Waals surface area contributed by atoms with Crippen molar-refractivity contribution in [1.82, 2.24) is 9.55 Å². The number of hydrogen-bond acceptors (Lipinski definition) is 6. The predicted octanol–water partition coefficient (Wildman–Crippen LogP) is 5.74. The van der Waals surface area contributed by atoms with E-state index in [0.717, 1.165) is 24.8 Å². The topological polar surface area (TPSA) is 87.8 Å². The summed E-state index contributed by atoms with van der Waals surface area (Å²) in [4.78, 5) is 31.4. The number of benzene rings is 2. The van der Waals surface area contributed by atoms with Crippen molar-refractivity contribution in [2.24, 2.45) is 0 Å². The summed E-state index contributed by atoms with van der Waals surface area (Å²) in [7, 11) is 0. The molecule has 0 bridgehead atoms. The summed E-state index contributed by atoms with van der Waals surface area (Å²) in [5.74, 6) is 0.789. The minimum absolute atomic E-state index is 0.0633. The van der Waals surface area contributed by atoms with Crippen LogP contribution in [0, 0.1) is 11.3 Å². The molecule has 8 heteroatoms. The van der Waals surface area contributed by atoms with E-state index in [1.807, 2.05) is 31.2 Å². The van der Waals surface area contributed by atoms with E-state index in [9.17, 15) is 14.9 Å². The van der Waals surface area contributed by atoms with Crippen molar-refractivity contribution in [2.75, 3.05) is 11.1 Å². The monoisotopic (exact) mass is 514 g/mol. The number of fused-ring (bicyclic) bond motifs is 2. The first-order valence-electron chi connectivity index (χ1n) is 12.1. The number of aromatic nitrogens is 2. The number of amides is 1. The van der Waals surface area contributed by atoms with E-state index < -0.39 is 0 Å². The number of anilines is 1. The average molecular weight is 515 g/mol. The summed E-state index contributed by atoms with van der Waals surface area (Å²) in [6.07, 6.45) is 3.01. The van der Waals surface area contributed by atoms with Crippen LogP contribution in [0.25, 0.3) is 10.9 Å². The van der Waals surface area contributed by atoms with Gasteiger partial charge in [0.25, 0.3) is 5.56 Å². The number of nitrogens with zero attached hydrogens (tertiary/aromatic N) is 3. The number of rotatable bonds is 7. The van der Waals surface area contributed by atoms with Crippen molar-refractivity contribution in [3.05, 3.63) is 86.5 Å². The highest BCUT2D eigenvalue weighted by atomic mass is 32.2. The van der Waals surface area contributed by atoms with Gasteiger partial charge < -0.3 is 5.32 Å². The number of nitriles is 1. The Balaban J connectivity index is 1.26. The van der Waals surface area contributed by atoms with Crippen LogP contribution in [0.5, 0.6) is 0 Å². The van der Waals surface area contributed by atoms with Crippen molar-refractivity contribution in [3.8, 4) is 6.07 Å². The number of carbonyl (C=O) groups is 1. The van der Waals surface area contributed by atoms with Crippen LogP contribution in [0.3, 0.4) is 0 Å². The van der Waals surface area contributed by atoms with Gasteiger partial charge in [-0.3, -0.25) is 14.2 Å². The second kappa shape index (κ2) is 10.7. The van der Waals surface area contributed by atoms with Crippen molar-refractivity contribution in [1.29, 1.82) is 5.26 Å². The third-order valence-electron chi connectivity index (χ3n) is 6.60. The molecule has 0 saturated heterocycles. The Morgan fingerprint density at radius 2 is 2.00 bits per heavy atom. The Bertz CT molecular complexity index is 1520. The quantitative estimate of drug-likeness (QED) is 0.251. The number of nitrogens with one attached hydrogen (secondary N) is 1. The van der Waals surface area contributed by atoms with Gasteiger partial charge in [-0.05, 0) is 55.4 Å². The third-order valence-corrected chi connectivity index (χ3v) is 8.75. The van der Waals surface area contributed by atoms with E-state index in [-0.39, 0.29) is 17.9 Å². The highest BCUT2D eigenvalue weighted by Crippen LogP contribution is 2.42. The molecule has 0 aliphatic heterocycles. The molecule has 182 valence electrons. The van der Waals surface area contributed by atoms with Gasteiger partial charge in [-0.25, -0.2) is 4.98 Å². The van der Waals surface area contributed by atoms with Gasteiger partial charge in [-0.2, -0.15) is 5.26 Å². The van der Waals surface area contributed by atoms with Gasteiger partial charge in [0.1, 0.15) is 11.1 Å². The lowest BCUT2D eigenvalue weighted by Crippen LogP contribution is -2.22. The molecule has 2 aromatic carbocycles. The lowest BCUT2D eigenvalue weighted by atomic mass is 9.83. The lowest BCUT2D eigenvalue weighted by molar-refractivity contribution is -0.115. The van der Waals surface area contributed by atoms with Crippen LogP contribution in [0.4, 0.5) is 5.00 Å². The molecule has 0 spiro atoms. The van der Waals surface area contributed by atoms with Crippen LogP contribution in [-0.4, -0.2) is 21.2 Å². The number of para-hydroxylation sites is 1. The maximum Gasteiger partial charge on any atom is 0.262 e. The van der Waals surface area contributed by atoms with Gasteiger partial charge in [0.05, 0.1) is 16.5 Å². The summed E-state index contributed by atoms with van der Waals surface area (Å²) in [6.45, 7) is 2.43. The number of hydrogen-bond donors (Lipinski definition) is 1. The van der Waals surface area contributed by atoms with E-state index in [0.29, 0.717) is 44.8 Å². The zero-order valence-corrected chi connectivity index (χ0v) is 21.6. The largest absolute Gasteiger partial charge is 0.317 e. The Kier molecular flexibility index (Phi) is 7.21. The normalized spacial score (nSPS) is 14.8. The molecule has 1 unspecified atom stereocenters. The second-order valence-corrected chi connectivity index (χ2v) is 10.9. The summed E-state index contributed by atoms with van der Waals surface area (Å²) in [6, 6.07) is 20.1. The molecule has 5 rings (SSSR count). The molecule has 6 nitrogen and oxygen atoms in total. The van der Waals surface area contributed by atoms with Crippen LogP contribution in [0.1, 0.15) is 47.3 Å². The molecule has 4 aromatic rings. The Morgan fingerprint density at radius 3 is 2.78 bits per heavy atom. The Morgan fingerprint density at radius 1 is 1.22 bits per heavy atom. The number of thiophene rings is 1. The molecular weight excluding hydrogens is 488 g/mol. The van der Waals surface area contributed by atoms with Crippen molar-refractivity contribution in [2.45, 2.75) is 50.2 Å². The second-order valence-electron chi connectivity index (χ2n) is 8.78. The maximum atomic E-state index is 12.8. The Labute approximate surface area is 218 Å². The van der Waals surface area contributed by atoms with Gasteiger partial charge >= 0.3 is 0 Å². The standard InChI is InChI=1S/C28H26N4O2S2/c1-2-32-27(34)21-10-6-7-11-23(21)30-28(32)35-15-14-25(33)31-26-22(17-29)20-13-12-19(16-24(20)36-26)18-8-4-3-5-9-18/h3-11,19H,2,12-16H2,1H3,(H,31,33). The molecule has 0 radical (unpaired) electrons. The molecule has 2 heterocycles. The molecule has 2 aromatic heterocycles. The SMILES string of the molecule is CCn1c(SCCC(=O)Nc2sc3c(c2C#N)CCC(c2ccccc2)C3)nc2ccccc2c1=O. The summed E-state index contributed by atoms with van der Waals surface area (Å²) >= 11 is 2.94. The first-order chi connectivity index (χ1) is 17.6. The molecule has 1 aliphatic rings. The zero-order valence-electron chi connectivity index (χ0n) is 20.0. The fraction of sp³-hybridized carbons (Fsp3) is 0.286. The summed E-state index contributed by atoms with van der Waals surface area (Å²) < 4.78 is 1.65. The predicted molar refractivity (Wildman–Crippen MR) is 146 cm³/mol. The molecule has 1 N–H and O–H groups in total. The van der Waals surface area contributed by atoms with Crippen LogP contribution in [0.15, 0.2) is 64.5 Å². The van der Waals surface area contributed by atoms with Gasteiger partial charge in [0.2, 0.25) is 5.91 Å². The van der Waals surface area contributed by atoms with E-state index >= 15 is 0 Å². The zero-order chi connectivity index (χ0) is 25.1. The summed E-state index contributed by atoms with van der Waals surface area (Å²) in [5, 5.41) is 14.7. The third kappa shape index (κ3) is 4.81. The molecule has 1 atom stereocenters. The highest BCUT2D eigenvalue weighted by molar-refractivity contribution is 7.99. The lowest BCUT2D eigenvalue weighted by Gasteiger charge is -2.22. The van der Waals surface area contributed by atoms with Crippen molar-refractivity contribution in [3.63, 3.8) is 0 Å². The first-order valence-corrected chi connectivity index (χ1v) is 13.9. The molecule has 1 amide bonds. The molecule has 1 aliphatic carbocycles. The van der Waals surface area contributed by atoms with E-state index in [4.69, 9.17) is 0 Å². The van der Waals surface area contributed by atoms with Gasteiger partial charge in [0, 0.05) is 23.6 Å². The fourth-order valence-electron chi connectivity index (χ4n) is 4.76. The van der Waals surface area contributed by atoms with Gasteiger partial charge in [-0.1, -0.05) is 54.2 Å². The number of carbonyl (C=O) groups excluding carboxylic acids is 1. The molecule has 36 heavy (non-hydrogen) atoms. The minimum atomic E-state index is -0.136. The smallest absolute Gasteiger partial charge is 0.262 e. The first kappa shape index (κ1) is 24.3. The maximum absolute atomic E-state index is 12.8. The molecule has 0 saturated carbocycles. The molecule has 0 fully saturated rings. The van der Waals surface area contributed by atoms with Gasteiger partial charge in [-0.15, -0.1) is 11.3 Å². The fourth-order valence-corrected chi connectivity index (χ4v) is 7.06. The Hall–Kier alpha value is -3.41.